The molecule has 0 saturated carbocycles. The van der Waals surface area contributed by atoms with Crippen LogP contribution in [0.3, 0.4) is 0 Å². The zero-order valence-corrected chi connectivity index (χ0v) is 17.5. The summed E-state index contributed by atoms with van der Waals surface area (Å²) >= 11 is 0. The predicted molar refractivity (Wildman–Crippen MR) is 115 cm³/mol. The Kier molecular flexibility index (Phi) is 6.43. The third-order valence-corrected chi connectivity index (χ3v) is 6.44. The number of carbonyl (C=O) groups is 2. The van der Waals surface area contributed by atoms with Gasteiger partial charge in [0.2, 0.25) is 11.8 Å². The molecule has 1 aromatic carbocycles. The van der Waals surface area contributed by atoms with E-state index in [2.05, 4.69) is 39.5 Å². The molecule has 0 radical (unpaired) electrons. The second kappa shape index (κ2) is 9.39. The first kappa shape index (κ1) is 20.5. The molecule has 158 valence electrons. The predicted octanol–water partition coefficient (Wildman–Crippen LogP) is 2.77. The lowest BCUT2D eigenvalue weighted by Crippen LogP contribution is -2.47. The second-order valence-corrected chi connectivity index (χ2v) is 8.40. The molecular formula is C24H30N4O2. The number of benzene rings is 1. The smallest absolute Gasteiger partial charge is 0.226 e. The standard InChI is InChI=1S/C24H30N4O2/c1-27-22(29)14-21(23(27)19-10-7-12-25-15-19)24(30)26-16-20-11-5-6-13-28(20)17-18-8-3-2-4-9-18/h2-4,7-10,12,15,20-21,23H,5-6,11,13-14,16-17H2,1H3,(H,26,30). The summed E-state index contributed by atoms with van der Waals surface area (Å²) in [5.74, 6) is -0.406. The molecule has 6 nitrogen and oxygen atoms in total. The van der Waals surface area contributed by atoms with Crippen LogP contribution in [0.2, 0.25) is 0 Å². The Hall–Kier alpha value is -2.73. The third kappa shape index (κ3) is 4.54. The van der Waals surface area contributed by atoms with Gasteiger partial charge in [0.25, 0.3) is 0 Å². The third-order valence-electron chi connectivity index (χ3n) is 6.44. The zero-order valence-electron chi connectivity index (χ0n) is 17.5. The maximum Gasteiger partial charge on any atom is 0.226 e. The fourth-order valence-electron chi connectivity index (χ4n) is 4.78. The highest BCUT2D eigenvalue weighted by molar-refractivity contribution is 5.90. The van der Waals surface area contributed by atoms with Crippen molar-refractivity contribution < 1.29 is 9.59 Å². The van der Waals surface area contributed by atoms with Gasteiger partial charge in [0.15, 0.2) is 0 Å². The molecule has 2 aliphatic heterocycles. The molecule has 1 aromatic heterocycles. The van der Waals surface area contributed by atoms with E-state index in [1.54, 1.807) is 24.3 Å². The van der Waals surface area contributed by atoms with Crippen molar-refractivity contribution in [3.63, 3.8) is 0 Å². The molecule has 0 bridgehead atoms. The topological polar surface area (TPSA) is 65.5 Å². The van der Waals surface area contributed by atoms with Crippen LogP contribution in [0.15, 0.2) is 54.9 Å². The fraction of sp³-hybridized carbons (Fsp3) is 0.458. The van der Waals surface area contributed by atoms with Gasteiger partial charge in [-0.3, -0.25) is 19.5 Å². The van der Waals surface area contributed by atoms with Crippen molar-refractivity contribution in [1.29, 1.82) is 0 Å². The summed E-state index contributed by atoms with van der Waals surface area (Å²) in [7, 11) is 1.77. The molecule has 2 saturated heterocycles. The van der Waals surface area contributed by atoms with Gasteiger partial charge in [-0.1, -0.05) is 42.8 Å². The number of piperidine rings is 1. The SMILES string of the molecule is CN1C(=O)CC(C(=O)NCC2CCCCN2Cc2ccccc2)C1c1cccnc1. The van der Waals surface area contributed by atoms with Gasteiger partial charge in [-0.25, -0.2) is 0 Å². The minimum absolute atomic E-state index is 0.00683. The minimum atomic E-state index is -0.377. The molecule has 3 heterocycles. The van der Waals surface area contributed by atoms with Crippen molar-refractivity contribution in [1.82, 2.24) is 20.1 Å². The molecule has 2 aromatic rings. The summed E-state index contributed by atoms with van der Waals surface area (Å²) in [5.41, 5.74) is 2.21. The number of amides is 2. The largest absolute Gasteiger partial charge is 0.354 e. The van der Waals surface area contributed by atoms with Crippen LogP contribution in [0.1, 0.15) is 42.9 Å². The Morgan fingerprint density at radius 2 is 2.00 bits per heavy atom. The number of nitrogens with zero attached hydrogens (tertiary/aromatic N) is 3. The van der Waals surface area contributed by atoms with Crippen molar-refractivity contribution in [2.24, 2.45) is 5.92 Å². The summed E-state index contributed by atoms with van der Waals surface area (Å²) in [6.07, 6.45) is 7.18. The molecule has 0 aliphatic carbocycles. The Labute approximate surface area is 178 Å². The van der Waals surface area contributed by atoms with Gasteiger partial charge in [0, 0.05) is 45.0 Å². The molecule has 2 fully saturated rings. The van der Waals surface area contributed by atoms with E-state index in [0.717, 1.165) is 25.1 Å². The zero-order chi connectivity index (χ0) is 20.9. The Morgan fingerprint density at radius 3 is 2.77 bits per heavy atom. The maximum atomic E-state index is 13.1. The van der Waals surface area contributed by atoms with Gasteiger partial charge in [0.1, 0.15) is 0 Å². The molecule has 3 unspecified atom stereocenters. The highest BCUT2D eigenvalue weighted by atomic mass is 16.2. The number of hydrogen-bond acceptors (Lipinski definition) is 4. The van der Waals surface area contributed by atoms with E-state index in [1.165, 1.54) is 18.4 Å². The molecule has 4 rings (SSSR count). The molecule has 2 aliphatic rings. The van der Waals surface area contributed by atoms with Crippen molar-refractivity contribution in [3.05, 3.63) is 66.0 Å². The van der Waals surface area contributed by atoms with Gasteiger partial charge in [-0.2, -0.15) is 0 Å². The molecule has 6 heteroatoms. The number of hydrogen-bond donors (Lipinski definition) is 1. The van der Waals surface area contributed by atoms with Crippen LogP contribution in [-0.2, 0) is 16.1 Å². The van der Waals surface area contributed by atoms with Gasteiger partial charge >= 0.3 is 0 Å². The van der Waals surface area contributed by atoms with Crippen LogP contribution >= 0.6 is 0 Å². The second-order valence-electron chi connectivity index (χ2n) is 8.40. The molecule has 2 amide bonds. The number of rotatable bonds is 6. The lowest BCUT2D eigenvalue weighted by atomic mass is 9.93. The highest BCUT2D eigenvalue weighted by Crippen LogP contribution is 2.36. The monoisotopic (exact) mass is 406 g/mol. The molecular weight excluding hydrogens is 376 g/mol. The van der Waals surface area contributed by atoms with Crippen LogP contribution in [0, 0.1) is 5.92 Å². The summed E-state index contributed by atoms with van der Waals surface area (Å²) in [6, 6.07) is 14.4. The summed E-state index contributed by atoms with van der Waals surface area (Å²) < 4.78 is 0. The van der Waals surface area contributed by atoms with Crippen molar-refractivity contribution in [2.45, 2.75) is 44.3 Å². The van der Waals surface area contributed by atoms with E-state index in [1.807, 2.05) is 18.2 Å². The number of carbonyl (C=O) groups excluding carboxylic acids is 2. The molecule has 0 spiro atoms. The molecule has 1 N–H and O–H groups in total. The van der Waals surface area contributed by atoms with Crippen molar-refractivity contribution in [2.75, 3.05) is 20.1 Å². The van der Waals surface area contributed by atoms with Crippen LogP contribution in [0.25, 0.3) is 0 Å². The van der Waals surface area contributed by atoms with E-state index in [-0.39, 0.29) is 30.2 Å². The number of aromatic nitrogens is 1. The lowest BCUT2D eigenvalue weighted by molar-refractivity contribution is -0.128. The van der Waals surface area contributed by atoms with Crippen molar-refractivity contribution >= 4 is 11.8 Å². The van der Waals surface area contributed by atoms with Crippen LogP contribution in [0.4, 0.5) is 0 Å². The average Bonchev–Trinajstić information content (AvgIpc) is 3.09. The molecule has 30 heavy (non-hydrogen) atoms. The van der Waals surface area contributed by atoms with Gasteiger partial charge < -0.3 is 10.2 Å². The average molecular weight is 407 g/mol. The first-order chi connectivity index (χ1) is 14.6. The Balaban J connectivity index is 1.40. The van der Waals surface area contributed by atoms with Crippen molar-refractivity contribution in [3.8, 4) is 0 Å². The fourth-order valence-corrected chi connectivity index (χ4v) is 4.78. The normalized spacial score (nSPS) is 24.8. The van der Waals surface area contributed by atoms with E-state index < -0.39 is 0 Å². The van der Waals surface area contributed by atoms with E-state index in [4.69, 9.17) is 0 Å². The number of pyridine rings is 1. The van der Waals surface area contributed by atoms with E-state index in [0.29, 0.717) is 12.6 Å². The van der Waals surface area contributed by atoms with Crippen LogP contribution in [-0.4, -0.2) is 52.8 Å². The van der Waals surface area contributed by atoms with Gasteiger partial charge in [0.05, 0.1) is 12.0 Å². The van der Waals surface area contributed by atoms with Crippen LogP contribution in [0.5, 0.6) is 0 Å². The highest BCUT2D eigenvalue weighted by Gasteiger charge is 2.42. The Morgan fingerprint density at radius 1 is 1.17 bits per heavy atom. The summed E-state index contributed by atoms with van der Waals surface area (Å²) in [6.45, 7) is 2.59. The first-order valence-electron chi connectivity index (χ1n) is 10.8. The van der Waals surface area contributed by atoms with E-state index >= 15 is 0 Å². The van der Waals surface area contributed by atoms with Gasteiger partial charge in [-0.05, 0) is 36.6 Å². The number of nitrogens with one attached hydrogen (secondary N) is 1. The van der Waals surface area contributed by atoms with E-state index in [9.17, 15) is 9.59 Å². The first-order valence-corrected chi connectivity index (χ1v) is 10.8. The summed E-state index contributed by atoms with van der Waals surface area (Å²) in [5, 5.41) is 3.17. The maximum absolute atomic E-state index is 13.1. The van der Waals surface area contributed by atoms with Gasteiger partial charge in [-0.15, -0.1) is 0 Å². The summed E-state index contributed by atoms with van der Waals surface area (Å²) in [4.78, 5) is 33.8. The minimum Gasteiger partial charge on any atom is -0.354 e. The van der Waals surface area contributed by atoms with Crippen LogP contribution < -0.4 is 5.32 Å². The molecule has 3 atom stereocenters. The quantitative estimate of drug-likeness (QED) is 0.801. The number of likely N-dealkylation sites (tertiary alicyclic amines) is 2. The Bertz CT molecular complexity index is 858. The lowest BCUT2D eigenvalue weighted by Gasteiger charge is -2.36.